The average molecular weight is 394 g/mol. The van der Waals surface area contributed by atoms with Gasteiger partial charge in [0.1, 0.15) is 0 Å². The number of thiophene rings is 1. The molecule has 7 heteroatoms. The van der Waals surface area contributed by atoms with Crippen molar-refractivity contribution in [2.24, 2.45) is 0 Å². The fraction of sp³-hybridized carbons (Fsp3) is 0.286. The summed E-state index contributed by atoms with van der Waals surface area (Å²) in [6.07, 6.45) is 7.23. The summed E-state index contributed by atoms with van der Waals surface area (Å²) in [5, 5.41) is 0. The number of carbonyl (C=O) groups excluding carboxylic acids is 2. The molecule has 3 aromatic rings. The second-order valence-corrected chi connectivity index (χ2v) is 8.19. The van der Waals surface area contributed by atoms with Gasteiger partial charge in [0.25, 0.3) is 11.8 Å². The Bertz CT molecular complexity index is 976. The molecule has 0 saturated carbocycles. The first-order valence-corrected chi connectivity index (χ1v) is 10.1. The molecule has 0 bridgehead atoms. The molecule has 0 unspecified atom stereocenters. The van der Waals surface area contributed by atoms with Gasteiger partial charge in [-0.1, -0.05) is 0 Å². The highest BCUT2D eigenvalue weighted by atomic mass is 32.1. The van der Waals surface area contributed by atoms with Crippen LogP contribution >= 0.6 is 11.3 Å². The Balaban J connectivity index is 1.53. The minimum atomic E-state index is 0.00205. The van der Waals surface area contributed by atoms with Crippen LogP contribution < -0.4 is 0 Å². The fourth-order valence-corrected chi connectivity index (χ4v) is 4.70. The lowest BCUT2D eigenvalue weighted by atomic mass is 10.1. The van der Waals surface area contributed by atoms with Gasteiger partial charge in [-0.2, -0.15) is 0 Å². The molecular weight excluding hydrogens is 372 g/mol. The van der Waals surface area contributed by atoms with Crippen LogP contribution in [0.1, 0.15) is 43.8 Å². The molecule has 1 aliphatic heterocycles. The first kappa shape index (κ1) is 18.4. The van der Waals surface area contributed by atoms with Crippen LogP contribution in [0.4, 0.5) is 0 Å². The van der Waals surface area contributed by atoms with E-state index in [1.807, 2.05) is 52.1 Å². The van der Waals surface area contributed by atoms with Crippen LogP contribution in [0.15, 0.2) is 55.1 Å². The van der Waals surface area contributed by atoms with E-state index in [1.54, 1.807) is 31.5 Å². The third-order valence-corrected chi connectivity index (χ3v) is 6.18. The summed E-state index contributed by atoms with van der Waals surface area (Å²) in [4.78, 5) is 34.6. The fourth-order valence-electron chi connectivity index (χ4n) is 3.53. The predicted octanol–water partition coefficient (Wildman–Crippen LogP) is 3.61. The molecule has 1 aliphatic rings. The number of rotatable bonds is 4. The summed E-state index contributed by atoms with van der Waals surface area (Å²) in [5.41, 5.74) is 1.65. The minimum absolute atomic E-state index is 0.00205. The largest absolute Gasteiger partial charge is 0.344 e. The van der Waals surface area contributed by atoms with E-state index in [2.05, 4.69) is 4.98 Å². The summed E-state index contributed by atoms with van der Waals surface area (Å²) < 4.78 is 1.90. The number of carbonyl (C=O) groups is 2. The van der Waals surface area contributed by atoms with Crippen LogP contribution in [-0.4, -0.2) is 51.8 Å². The van der Waals surface area contributed by atoms with E-state index in [9.17, 15) is 9.59 Å². The normalized spacial score (nSPS) is 16.4. The number of amides is 2. The Hall–Kier alpha value is -2.93. The molecule has 0 N–H and O–H groups in total. The first-order chi connectivity index (χ1) is 13.5. The van der Waals surface area contributed by atoms with E-state index in [4.69, 9.17) is 0 Å². The molecule has 1 fully saturated rings. The van der Waals surface area contributed by atoms with Crippen molar-refractivity contribution in [2.45, 2.75) is 18.9 Å². The lowest BCUT2D eigenvalue weighted by molar-refractivity contribution is 0.0737. The van der Waals surface area contributed by atoms with Crippen molar-refractivity contribution < 1.29 is 9.59 Å². The average Bonchev–Trinajstić information content (AvgIpc) is 3.47. The molecular formula is C21H22N4O2S. The highest BCUT2D eigenvalue weighted by Gasteiger charge is 2.32. The Labute approximate surface area is 168 Å². The van der Waals surface area contributed by atoms with Crippen LogP contribution in [-0.2, 0) is 0 Å². The van der Waals surface area contributed by atoms with E-state index in [0.29, 0.717) is 10.4 Å². The van der Waals surface area contributed by atoms with E-state index >= 15 is 0 Å². The Morgan fingerprint density at radius 1 is 1.14 bits per heavy atom. The zero-order valence-corrected chi connectivity index (χ0v) is 16.7. The quantitative estimate of drug-likeness (QED) is 0.679. The van der Waals surface area contributed by atoms with E-state index in [-0.39, 0.29) is 17.9 Å². The number of nitrogens with zero attached hydrogens (tertiary/aromatic N) is 4. The van der Waals surface area contributed by atoms with Gasteiger partial charge in [0.2, 0.25) is 0 Å². The van der Waals surface area contributed by atoms with Crippen LogP contribution in [0.2, 0.25) is 0 Å². The number of hydrogen-bond donors (Lipinski definition) is 0. The van der Waals surface area contributed by atoms with Crippen molar-refractivity contribution in [2.75, 3.05) is 20.6 Å². The molecule has 2 aromatic heterocycles. The standard InChI is InChI=1S/C21H22N4O2S/c1-23(2)21(27)19-10-9-18(28-19)17-4-3-12-25(17)20(26)15-5-7-16(8-6-15)24-13-11-22-14-24/h5-11,13-14,17H,3-4,12H2,1-2H3/t17-/m0/s1. The van der Waals surface area contributed by atoms with Crippen molar-refractivity contribution >= 4 is 23.2 Å². The van der Waals surface area contributed by atoms with Gasteiger partial charge < -0.3 is 14.4 Å². The molecule has 0 spiro atoms. The van der Waals surface area contributed by atoms with E-state index in [0.717, 1.165) is 30.0 Å². The number of hydrogen-bond acceptors (Lipinski definition) is 4. The maximum absolute atomic E-state index is 13.1. The number of benzene rings is 1. The predicted molar refractivity (Wildman–Crippen MR) is 109 cm³/mol. The van der Waals surface area contributed by atoms with Crippen molar-refractivity contribution in [3.05, 3.63) is 70.4 Å². The Morgan fingerprint density at radius 3 is 2.61 bits per heavy atom. The van der Waals surface area contributed by atoms with Gasteiger partial charge in [-0.15, -0.1) is 11.3 Å². The maximum atomic E-state index is 13.1. The third-order valence-electron chi connectivity index (χ3n) is 5.00. The molecule has 0 aliphatic carbocycles. The Morgan fingerprint density at radius 2 is 1.93 bits per heavy atom. The zero-order chi connectivity index (χ0) is 19.7. The molecule has 2 amide bonds. The van der Waals surface area contributed by atoms with Crippen LogP contribution in [0, 0.1) is 0 Å². The van der Waals surface area contributed by atoms with Crippen molar-refractivity contribution in [3.63, 3.8) is 0 Å². The van der Waals surface area contributed by atoms with Crippen LogP contribution in [0.25, 0.3) is 5.69 Å². The second-order valence-electron chi connectivity index (χ2n) is 7.07. The minimum Gasteiger partial charge on any atom is -0.344 e. The summed E-state index contributed by atoms with van der Waals surface area (Å²) in [6.45, 7) is 0.738. The molecule has 6 nitrogen and oxygen atoms in total. The van der Waals surface area contributed by atoms with E-state index < -0.39 is 0 Å². The maximum Gasteiger partial charge on any atom is 0.263 e. The summed E-state index contributed by atoms with van der Waals surface area (Å²) in [5.74, 6) is 0.0378. The Kier molecular flexibility index (Phi) is 5.00. The number of likely N-dealkylation sites (tertiary alicyclic amines) is 1. The molecule has 1 saturated heterocycles. The van der Waals surface area contributed by atoms with Gasteiger partial charge in [0.05, 0.1) is 17.2 Å². The molecule has 28 heavy (non-hydrogen) atoms. The van der Waals surface area contributed by atoms with E-state index in [1.165, 1.54) is 11.3 Å². The van der Waals surface area contributed by atoms with Gasteiger partial charge in [-0.05, 0) is 49.2 Å². The monoisotopic (exact) mass is 394 g/mol. The highest BCUT2D eigenvalue weighted by molar-refractivity contribution is 7.14. The van der Waals surface area contributed by atoms with Gasteiger partial charge in [-0.3, -0.25) is 9.59 Å². The lowest BCUT2D eigenvalue weighted by Crippen LogP contribution is -2.30. The molecule has 144 valence electrons. The van der Waals surface area contributed by atoms with Gasteiger partial charge in [0.15, 0.2) is 0 Å². The third kappa shape index (κ3) is 3.45. The molecule has 4 rings (SSSR count). The van der Waals surface area contributed by atoms with Crippen LogP contribution in [0.5, 0.6) is 0 Å². The van der Waals surface area contributed by atoms with Gasteiger partial charge in [-0.25, -0.2) is 4.98 Å². The summed E-state index contributed by atoms with van der Waals surface area (Å²) in [7, 11) is 3.50. The van der Waals surface area contributed by atoms with Crippen molar-refractivity contribution in [1.29, 1.82) is 0 Å². The van der Waals surface area contributed by atoms with Gasteiger partial charge >= 0.3 is 0 Å². The summed E-state index contributed by atoms with van der Waals surface area (Å²) >= 11 is 1.49. The summed E-state index contributed by atoms with van der Waals surface area (Å²) in [6, 6.07) is 11.5. The molecule has 0 radical (unpaired) electrons. The SMILES string of the molecule is CN(C)C(=O)c1ccc([C@@H]2CCCN2C(=O)c2ccc(-n3ccnc3)cc2)s1. The van der Waals surface area contributed by atoms with Crippen molar-refractivity contribution in [3.8, 4) is 5.69 Å². The number of aromatic nitrogens is 2. The van der Waals surface area contributed by atoms with Gasteiger partial charge in [0, 0.05) is 49.2 Å². The second kappa shape index (κ2) is 7.59. The number of imidazole rings is 1. The molecule has 1 atom stereocenters. The zero-order valence-electron chi connectivity index (χ0n) is 15.9. The molecule has 3 heterocycles. The smallest absolute Gasteiger partial charge is 0.263 e. The first-order valence-electron chi connectivity index (χ1n) is 9.25. The topological polar surface area (TPSA) is 58.4 Å². The highest BCUT2D eigenvalue weighted by Crippen LogP contribution is 2.37. The lowest BCUT2D eigenvalue weighted by Gasteiger charge is -2.24. The molecule has 1 aromatic carbocycles. The van der Waals surface area contributed by atoms with Crippen LogP contribution in [0.3, 0.4) is 0 Å². The van der Waals surface area contributed by atoms with Crippen molar-refractivity contribution in [1.82, 2.24) is 19.4 Å².